The molecular formula is C23H23ClN10. The van der Waals surface area contributed by atoms with E-state index < -0.39 is 0 Å². The first-order valence-corrected chi connectivity index (χ1v) is 11.4. The summed E-state index contributed by atoms with van der Waals surface area (Å²) >= 11 is 6.39. The second-order valence-corrected chi connectivity index (χ2v) is 8.64. The number of fused-ring (bicyclic) bond motifs is 1. The molecule has 4 aromatic heterocycles. The highest BCUT2D eigenvalue weighted by atomic mass is 35.5. The predicted molar refractivity (Wildman–Crippen MR) is 131 cm³/mol. The third-order valence-electron chi connectivity index (χ3n) is 6.03. The van der Waals surface area contributed by atoms with Crippen LogP contribution in [0.2, 0.25) is 5.02 Å². The average molecular weight is 475 g/mol. The van der Waals surface area contributed by atoms with E-state index in [0.717, 1.165) is 54.5 Å². The molecule has 5 rings (SSSR count). The molecule has 1 fully saturated rings. The summed E-state index contributed by atoms with van der Waals surface area (Å²) in [6.45, 7) is 5.67. The summed E-state index contributed by atoms with van der Waals surface area (Å²) in [6, 6.07) is 9.66. The van der Waals surface area contributed by atoms with Crippen molar-refractivity contribution in [2.75, 3.05) is 28.6 Å². The molecule has 1 saturated heterocycles. The van der Waals surface area contributed by atoms with Gasteiger partial charge in [-0.2, -0.15) is 10.2 Å². The van der Waals surface area contributed by atoms with Crippen LogP contribution in [-0.4, -0.2) is 48.7 Å². The molecule has 0 bridgehead atoms. The van der Waals surface area contributed by atoms with Crippen LogP contribution in [0.25, 0.3) is 5.65 Å². The first-order valence-electron chi connectivity index (χ1n) is 11.0. The van der Waals surface area contributed by atoms with Gasteiger partial charge in [0.2, 0.25) is 5.95 Å². The molecular weight excluding hydrogens is 452 g/mol. The molecule has 10 nitrogen and oxygen atoms in total. The van der Waals surface area contributed by atoms with Gasteiger partial charge in [0.05, 0.1) is 11.9 Å². The second kappa shape index (κ2) is 9.11. The molecule has 0 saturated carbocycles. The zero-order valence-electron chi connectivity index (χ0n) is 18.8. The Kier molecular flexibility index (Phi) is 5.86. The van der Waals surface area contributed by atoms with E-state index >= 15 is 0 Å². The quantitative estimate of drug-likeness (QED) is 0.443. The molecule has 11 heteroatoms. The maximum absolute atomic E-state index is 8.89. The summed E-state index contributed by atoms with van der Waals surface area (Å²) in [4.78, 5) is 15.7. The third kappa shape index (κ3) is 4.43. The summed E-state index contributed by atoms with van der Waals surface area (Å²) in [5.41, 5.74) is 4.16. The number of halogens is 1. The van der Waals surface area contributed by atoms with Crippen LogP contribution >= 0.6 is 11.6 Å². The molecule has 1 aliphatic heterocycles. The molecule has 4 aromatic rings. The molecule has 0 radical (unpaired) electrons. The molecule has 2 N–H and O–H groups in total. The van der Waals surface area contributed by atoms with Gasteiger partial charge in [0.15, 0.2) is 17.3 Å². The van der Waals surface area contributed by atoms with Crippen LogP contribution < -0.4 is 15.5 Å². The van der Waals surface area contributed by atoms with E-state index in [-0.39, 0.29) is 6.04 Å². The van der Waals surface area contributed by atoms with Crippen molar-refractivity contribution in [3.05, 3.63) is 58.8 Å². The lowest BCUT2D eigenvalue weighted by molar-refractivity contribution is 0.521. The Morgan fingerprint density at radius 2 is 1.94 bits per heavy atom. The van der Waals surface area contributed by atoms with Crippen molar-refractivity contribution in [2.45, 2.75) is 32.7 Å². The van der Waals surface area contributed by atoms with Crippen molar-refractivity contribution >= 4 is 40.5 Å². The highest BCUT2D eigenvalue weighted by Crippen LogP contribution is 2.26. The Labute approximate surface area is 201 Å². The van der Waals surface area contributed by atoms with Gasteiger partial charge < -0.3 is 19.9 Å². The van der Waals surface area contributed by atoms with Crippen molar-refractivity contribution in [1.29, 1.82) is 5.26 Å². The SMILES string of the molecule is Cc1nc2cc(Nc3ncc(Cl)c(NC4CCN(c5ccc(C#N)nn5)CC4)n3)ccn2c1C. The van der Waals surface area contributed by atoms with Crippen molar-refractivity contribution in [2.24, 2.45) is 0 Å². The fraction of sp³-hybridized carbons (Fsp3) is 0.304. The van der Waals surface area contributed by atoms with Gasteiger partial charge in [0.1, 0.15) is 16.7 Å². The van der Waals surface area contributed by atoms with E-state index in [4.69, 9.17) is 16.9 Å². The molecule has 0 unspecified atom stereocenters. The van der Waals surface area contributed by atoms with E-state index in [1.165, 1.54) is 0 Å². The maximum Gasteiger partial charge on any atom is 0.229 e. The molecule has 0 amide bonds. The average Bonchev–Trinajstić information content (AvgIpc) is 3.14. The number of piperidine rings is 1. The number of nitriles is 1. The summed E-state index contributed by atoms with van der Waals surface area (Å²) in [5, 5.41) is 24.1. The first-order chi connectivity index (χ1) is 16.5. The Hall–Kier alpha value is -3.97. The van der Waals surface area contributed by atoms with E-state index in [1.807, 2.05) is 48.7 Å². The summed E-state index contributed by atoms with van der Waals surface area (Å²) in [5.74, 6) is 1.84. The molecule has 0 atom stereocenters. The fourth-order valence-corrected chi connectivity index (χ4v) is 4.17. The van der Waals surface area contributed by atoms with Crippen molar-refractivity contribution < 1.29 is 0 Å². The molecule has 1 aliphatic rings. The minimum Gasteiger partial charge on any atom is -0.366 e. The van der Waals surface area contributed by atoms with Gasteiger partial charge in [-0.3, -0.25) is 0 Å². The first kappa shape index (κ1) is 21.9. The van der Waals surface area contributed by atoms with Crippen molar-refractivity contribution in [3.8, 4) is 6.07 Å². The van der Waals surface area contributed by atoms with Gasteiger partial charge in [-0.1, -0.05) is 11.6 Å². The van der Waals surface area contributed by atoms with Crippen LogP contribution in [0, 0.1) is 25.2 Å². The van der Waals surface area contributed by atoms with Gasteiger partial charge in [-0.25, -0.2) is 9.97 Å². The van der Waals surface area contributed by atoms with Crippen molar-refractivity contribution in [1.82, 2.24) is 29.5 Å². The number of nitrogens with zero attached hydrogens (tertiary/aromatic N) is 8. The smallest absolute Gasteiger partial charge is 0.229 e. The monoisotopic (exact) mass is 474 g/mol. The number of anilines is 4. The van der Waals surface area contributed by atoms with Crippen LogP contribution in [0.5, 0.6) is 0 Å². The van der Waals surface area contributed by atoms with Crippen LogP contribution in [0.3, 0.4) is 0 Å². The second-order valence-electron chi connectivity index (χ2n) is 8.24. The van der Waals surface area contributed by atoms with Crippen LogP contribution in [0.4, 0.5) is 23.3 Å². The predicted octanol–water partition coefficient (Wildman–Crippen LogP) is 3.88. The number of hydrogen-bond acceptors (Lipinski definition) is 9. The lowest BCUT2D eigenvalue weighted by Gasteiger charge is -2.33. The fourth-order valence-electron chi connectivity index (χ4n) is 4.02. The number of imidazole rings is 1. The largest absolute Gasteiger partial charge is 0.366 e. The summed E-state index contributed by atoms with van der Waals surface area (Å²) in [7, 11) is 0. The van der Waals surface area contributed by atoms with Gasteiger partial charge in [-0.05, 0) is 44.9 Å². The Morgan fingerprint density at radius 1 is 1.12 bits per heavy atom. The number of hydrogen-bond donors (Lipinski definition) is 2. The third-order valence-corrected chi connectivity index (χ3v) is 6.30. The highest BCUT2D eigenvalue weighted by Gasteiger charge is 2.22. The minimum absolute atomic E-state index is 0.218. The molecule has 0 spiro atoms. The number of nitrogens with one attached hydrogen (secondary N) is 2. The number of aromatic nitrogens is 6. The molecule has 0 aromatic carbocycles. The zero-order valence-corrected chi connectivity index (χ0v) is 19.6. The van der Waals surface area contributed by atoms with Crippen molar-refractivity contribution in [3.63, 3.8) is 0 Å². The summed E-state index contributed by atoms with van der Waals surface area (Å²) in [6.07, 6.45) is 5.36. The zero-order chi connectivity index (χ0) is 23.7. The number of aryl methyl sites for hydroxylation is 2. The topological polar surface area (TPSA) is 120 Å². The number of rotatable bonds is 5. The normalized spacial score (nSPS) is 14.2. The van der Waals surface area contributed by atoms with Gasteiger partial charge >= 0.3 is 0 Å². The Bertz CT molecular complexity index is 1370. The summed E-state index contributed by atoms with van der Waals surface area (Å²) < 4.78 is 2.05. The Balaban J connectivity index is 1.24. The van der Waals surface area contributed by atoms with Crippen LogP contribution in [0.15, 0.2) is 36.7 Å². The van der Waals surface area contributed by atoms with E-state index in [0.29, 0.717) is 22.5 Å². The van der Waals surface area contributed by atoms with Crippen LogP contribution in [0.1, 0.15) is 29.9 Å². The standard InChI is InChI=1S/C23H23ClN10/c1-14-15(2)34-10-7-17(11-21(34)27-14)29-23-26-13-19(24)22(30-23)28-16-5-8-33(9-6-16)20-4-3-18(12-25)31-32-20/h3-4,7,10-11,13,16H,5-6,8-9H2,1-2H3,(H2,26,28,29,30). The van der Waals surface area contributed by atoms with Gasteiger partial charge in [0.25, 0.3) is 0 Å². The minimum atomic E-state index is 0.218. The van der Waals surface area contributed by atoms with E-state index in [9.17, 15) is 0 Å². The molecule has 5 heterocycles. The highest BCUT2D eigenvalue weighted by molar-refractivity contribution is 6.32. The van der Waals surface area contributed by atoms with E-state index in [2.05, 4.69) is 40.7 Å². The molecule has 34 heavy (non-hydrogen) atoms. The Morgan fingerprint density at radius 3 is 2.68 bits per heavy atom. The van der Waals surface area contributed by atoms with Crippen LogP contribution in [-0.2, 0) is 0 Å². The molecule has 0 aliphatic carbocycles. The lowest BCUT2D eigenvalue weighted by atomic mass is 10.1. The molecule has 172 valence electrons. The number of pyridine rings is 1. The van der Waals surface area contributed by atoms with Gasteiger partial charge in [-0.15, -0.1) is 10.2 Å². The van der Waals surface area contributed by atoms with E-state index in [1.54, 1.807) is 12.3 Å². The maximum atomic E-state index is 8.89. The lowest BCUT2D eigenvalue weighted by Crippen LogP contribution is -2.39. The van der Waals surface area contributed by atoms with Gasteiger partial charge in [0, 0.05) is 42.8 Å².